The first-order valence-electron chi connectivity index (χ1n) is 12.8. The predicted octanol–water partition coefficient (Wildman–Crippen LogP) is 7.38. The zero-order chi connectivity index (χ0) is 24.4. The summed E-state index contributed by atoms with van der Waals surface area (Å²) in [5.74, 6) is 1.97. The topological polar surface area (TPSA) is 40.5 Å². The number of aliphatic hydroxyl groups is 2. The van der Waals surface area contributed by atoms with Crippen molar-refractivity contribution in [3.8, 4) is 0 Å². The zero-order valence-electron chi connectivity index (χ0n) is 21.9. The molecule has 0 saturated heterocycles. The molecule has 2 nitrogen and oxygen atoms in total. The Morgan fingerprint density at radius 1 is 0.531 bits per heavy atom. The van der Waals surface area contributed by atoms with E-state index < -0.39 is 0 Å². The van der Waals surface area contributed by atoms with Gasteiger partial charge in [0.1, 0.15) is 0 Å². The third-order valence-corrected chi connectivity index (χ3v) is 8.13. The zero-order valence-corrected chi connectivity index (χ0v) is 21.9. The molecule has 0 heterocycles. The van der Waals surface area contributed by atoms with Crippen molar-refractivity contribution in [2.75, 3.05) is 14.2 Å². The minimum Gasteiger partial charge on any atom is -0.400 e. The van der Waals surface area contributed by atoms with E-state index in [1.807, 2.05) is 41.5 Å². The molecule has 32 heavy (non-hydrogen) atoms. The van der Waals surface area contributed by atoms with E-state index in [2.05, 4.69) is 60.7 Å². The van der Waals surface area contributed by atoms with E-state index in [9.17, 15) is 0 Å². The van der Waals surface area contributed by atoms with Gasteiger partial charge in [0.25, 0.3) is 0 Å². The van der Waals surface area contributed by atoms with E-state index in [-0.39, 0.29) is 0 Å². The molecule has 4 fully saturated rings. The minimum absolute atomic E-state index is 0.510. The van der Waals surface area contributed by atoms with Crippen molar-refractivity contribution in [2.45, 2.75) is 84.5 Å². The number of benzene rings is 2. The maximum atomic E-state index is 7.00. The van der Waals surface area contributed by atoms with Gasteiger partial charge < -0.3 is 10.2 Å². The standard InChI is InChI=1S/C22H22.3C2H6.2CH4O/c1-3-7-17(8-4-1)20-11-16-12-21(18-9-5-2-6-10-18)15-19(14-20)22(20,21)13-16;5*1-2/h1-10,16,19H,11-15H2;3*1-2H3;2*2H,1H3. The lowest BCUT2D eigenvalue weighted by molar-refractivity contribution is -0.220. The average Bonchev–Trinajstić information content (AvgIpc) is 3.39. The average molecular weight is 441 g/mol. The van der Waals surface area contributed by atoms with Gasteiger partial charge in [-0.3, -0.25) is 0 Å². The molecule has 2 atom stereocenters. The van der Waals surface area contributed by atoms with Crippen molar-refractivity contribution in [1.82, 2.24) is 0 Å². The van der Waals surface area contributed by atoms with Crippen LogP contribution in [0.15, 0.2) is 60.7 Å². The highest BCUT2D eigenvalue weighted by atomic mass is 16.2. The molecule has 0 aromatic heterocycles. The molecule has 2 aromatic rings. The molecule has 2 heteroatoms. The molecular formula is C30H48O2. The van der Waals surface area contributed by atoms with Crippen LogP contribution in [0.3, 0.4) is 0 Å². The molecule has 0 aliphatic heterocycles. The molecule has 4 aliphatic carbocycles. The van der Waals surface area contributed by atoms with Crippen LogP contribution in [0.4, 0.5) is 0 Å². The van der Waals surface area contributed by atoms with Gasteiger partial charge in [0.15, 0.2) is 0 Å². The fraction of sp³-hybridized carbons (Fsp3) is 0.600. The highest BCUT2D eigenvalue weighted by molar-refractivity contribution is 5.52. The van der Waals surface area contributed by atoms with Crippen LogP contribution in [0.25, 0.3) is 0 Å². The molecule has 0 radical (unpaired) electrons. The van der Waals surface area contributed by atoms with Gasteiger partial charge in [-0.1, -0.05) is 102 Å². The van der Waals surface area contributed by atoms with Crippen molar-refractivity contribution in [3.63, 3.8) is 0 Å². The molecule has 0 amide bonds. The summed E-state index contributed by atoms with van der Waals surface area (Å²) in [4.78, 5) is 0. The Hall–Kier alpha value is -1.64. The Bertz CT molecular complexity index is 697. The van der Waals surface area contributed by atoms with Crippen molar-refractivity contribution < 1.29 is 10.2 Å². The van der Waals surface area contributed by atoms with Crippen molar-refractivity contribution in [1.29, 1.82) is 0 Å². The van der Waals surface area contributed by atoms with Crippen molar-refractivity contribution in [3.05, 3.63) is 71.8 Å². The molecule has 6 rings (SSSR count). The Morgan fingerprint density at radius 3 is 1.19 bits per heavy atom. The first-order chi connectivity index (χ1) is 15.8. The van der Waals surface area contributed by atoms with Crippen molar-refractivity contribution >= 4 is 0 Å². The van der Waals surface area contributed by atoms with Crippen LogP contribution in [0.5, 0.6) is 0 Å². The Labute approximate surface area is 198 Å². The molecule has 1 spiro atoms. The molecule has 180 valence electrons. The Kier molecular flexibility index (Phi) is 11.1. The lowest BCUT2D eigenvalue weighted by Crippen LogP contribution is -2.75. The molecule has 4 aliphatic rings. The smallest absolute Gasteiger partial charge is 0.0319 e. The van der Waals surface area contributed by atoms with E-state index in [4.69, 9.17) is 10.2 Å². The minimum atomic E-state index is 0.510. The number of hydrogen-bond donors (Lipinski definition) is 2. The number of rotatable bonds is 2. The lowest BCUT2D eigenvalue weighted by Gasteiger charge is -2.78. The monoisotopic (exact) mass is 440 g/mol. The highest BCUT2D eigenvalue weighted by Gasteiger charge is 2.86. The van der Waals surface area contributed by atoms with Crippen LogP contribution in [-0.2, 0) is 10.8 Å². The van der Waals surface area contributed by atoms with Gasteiger partial charge >= 0.3 is 0 Å². The number of aliphatic hydroxyl groups excluding tert-OH is 2. The molecule has 2 unspecified atom stereocenters. The van der Waals surface area contributed by atoms with E-state index in [0.717, 1.165) is 26.1 Å². The number of hydrogen-bond acceptors (Lipinski definition) is 2. The molecule has 2 aromatic carbocycles. The van der Waals surface area contributed by atoms with E-state index in [0.29, 0.717) is 16.2 Å². The quantitative estimate of drug-likeness (QED) is 0.511. The van der Waals surface area contributed by atoms with Gasteiger partial charge in [0.05, 0.1) is 0 Å². The van der Waals surface area contributed by atoms with Crippen LogP contribution in [0.2, 0.25) is 0 Å². The van der Waals surface area contributed by atoms with Crippen molar-refractivity contribution in [2.24, 2.45) is 17.3 Å². The third kappa shape index (κ3) is 3.74. The normalized spacial score (nSPS) is 33.1. The SMILES string of the molecule is CC.CC.CC.CO.CO.c1ccc(C23CC4CC5(c6ccccc6)CC(C2)C35C4)cc1. The predicted molar refractivity (Wildman–Crippen MR) is 139 cm³/mol. The van der Waals surface area contributed by atoms with Gasteiger partial charge in [-0.2, -0.15) is 0 Å². The van der Waals surface area contributed by atoms with Gasteiger partial charge in [-0.15, -0.1) is 0 Å². The van der Waals surface area contributed by atoms with Crippen LogP contribution in [0.1, 0.15) is 84.8 Å². The fourth-order valence-electron chi connectivity index (χ4n) is 7.85. The summed E-state index contributed by atoms with van der Waals surface area (Å²) in [5, 5.41) is 14.0. The summed E-state index contributed by atoms with van der Waals surface area (Å²) in [6.07, 6.45) is 7.34. The molecule has 4 saturated carbocycles. The first kappa shape index (κ1) is 28.4. The summed E-state index contributed by atoms with van der Waals surface area (Å²) >= 11 is 0. The molecule has 2 bridgehead atoms. The van der Waals surface area contributed by atoms with Gasteiger partial charge in [0, 0.05) is 25.0 Å². The number of fused-ring (bicyclic) bond motifs is 1. The third-order valence-electron chi connectivity index (χ3n) is 8.13. The summed E-state index contributed by atoms with van der Waals surface area (Å²) in [5.41, 5.74) is 4.92. The van der Waals surface area contributed by atoms with E-state index >= 15 is 0 Å². The Morgan fingerprint density at radius 2 is 0.875 bits per heavy atom. The lowest BCUT2D eigenvalue weighted by atomic mass is 9.25. The van der Waals surface area contributed by atoms with Crippen LogP contribution < -0.4 is 0 Å². The van der Waals surface area contributed by atoms with Crippen LogP contribution in [0, 0.1) is 17.3 Å². The molecule has 2 N–H and O–H groups in total. The van der Waals surface area contributed by atoms with E-state index in [1.54, 1.807) is 11.1 Å². The summed E-state index contributed by atoms with van der Waals surface area (Å²) in [6.45, 7) is 12.0. The summed E-state index contributed by atoms with van der Waals surface area (Å²) < 4.78 is 0. The largest absolute Gasteiger partial charge is 0.400 e. The van der Waals surface area contributed by atoms with Gasteiger partial charge in [-0.05, 0) is 60.5 Å². The van der Waals surface area contributed by atoms with Gasteiger partial charge in [-0.25, -0.2) is 0 Å². The van der Waals surface area contributed by atoms with Crippen LogP contribution in [-0.4, -0.2) is 24.4 Å². The Balaban J connectivity index is 0.000000459. The second kappa shape index (κ2) is 12.6. The second-order valence-corrected chi connectivity index (χ2v) is 8.45. The first-order valence-corrected chi connectivity index (χ1v) is 12.8. The maximum Gasteiger partial charge on any atom is 0.0319 e. The maximum absolute atomic E-state index is 7.00. The fourth-order valence-corrected chi connectivity index (χ4v) is 7.85. The van der Waals surface area contributed by atoms with Gasteiger partial charge in [0.2, 0.25) is 0 Å². The second-order valence-electron chi connectivity index (χ2n) is 8.45. The van der Waals surface area contributed by atoms with E-state index in [1.165, 1.54) is 32.1 Å². The summed E-state index contributed by atoms with van der Waals surface area (Å²) in [7, 11) is 2.00. The summed E-state index contributed by atoms with van der Waals surface area (Å²) in [6, 6.07) is 23.0. The highest BCUT2D eigenvalue weighted by Crippen LogP contribution is 2.90. The van der Waals surface area contributed by atoms with Crippen LogP contribution >= 0.6 is 0 Å². The molecular weight excluding hydrogens is 392 g/mol.